The fraction of sp³-hybridized carbons (Fsp3) is 0.500. The molecule has 8 heteroatoms. The number of carbonyl (C=O) groups is 1. The van der Waals surface area contributed by atoms with Crippen molar-refractivity contribution in [1.29, 1.82) is 0 Å². The lowest BCUT2D eigenvalue weighted by Crippen LogP contribution is -2.46. The topological polar surface area (TPSA) is 93.2 Å². The molecule has 0 aliphatic carbocycles. The second-order valence-electron chi connectivity index (χ2n) is 6.33. The summed E-state index contributed by atoms with van der Waals surface area (Å²) in [5.41, 5.74) is -0.531. The van der Waals surface area contributed by atoms with Gasteiger partial charge < -0.3 is 15.0 Å². The molecule has 1 fully saturated rings. The van der Waals surface area contributed by atoms with E-state index in [0.29, 0.717) is 36.2 Å². The molecule has 1 aromatic carbocycles. The lowest BCUT2D eigenvalue weighted by atomic mass is 10.1. The summed E-state index contributed by atoms with van der Waals surface area (Å²) in [5.74, 6) is 0.342. The summed E-state index contributed by atoms with van der Waals surface area (Å²) in [6, 6.07) is 5.98. The number of amides is 1. The van der Waals surface area contributed by atoms with Gasteiger partial charge in [-0.3, -0.25) is 9.59 Å². The molecule has 26 heavy (non-hydrogen) atoms. The van der Waals surface area contributed by atoms with Crippen molar-refractivity contribution in [2.24, 2.45) is 0 Å². The number of rotatable bonds is 7. The zero-order chi connectivity index (χ0) is 18.5. The molecule has 1 aliphatic heterocycles. The Kier molecular flexibility index (Phi) is 6.16. The first-order valence-corrected chi connectivity index (χ1v) is 10.1. The molecule has 7 nitrogen and oxygen atoms in total. The van der Waals surface area contributed by atoms with Gasteiger partial charge in [0.15, 0.2) is 0 Å². The van der Waals surface area contributed by atoms with E-state index < -0.39 is 17.3 Å². The number of ether oxygens (including phenoxy) is 1. The molecule has 1 unspecified atom stereocenters. The minimum Gasteiger partial charge on any atom is -0.376 e. The number of nitrogens with zero attached hydrogens (tertiary/aromatic N) is 1. The Labute approximate surface area is 155 Å². The van der Waals surface area contributed by atoms with Crippen molar-refractivity contribution in [3.05, 3.63) is 45.1 Å². The van der Waals surface area contributed by atoms with Crippen molar-refractivity contribution in [3.63, 3.8) is 0 Å². The van der Waals surface area contributed by atoms with Crippen LogP contribution in [-0.4, -0.2) is 46.7 Å². The number of hydrogen-bond donors (Lipinski definition) is 2. The molecule has 2 N–H and O–H groups in total. The molecule has 0 radical (unpaired) electrons. The van der Waals surface area contributed by atoms with Gasteiger partial charge >= 0.3 is 5.69 Å². The molecule has 0 bridgehead atoms. The summed E-state index contributed by atoms with van der Waals surface area (Å²) in [5, 5.41) is 3.25. The third-order valence-electron chi connectivity index (χ3n) is 4.57. The van der Waals surface area contributed by atoms with Gasteiger partial charge in [-0.1, -0.05) is 12.1 Å². The van der Waals surface area contributed by atoms with E-state index in [2.05, 4.69) is 10.3 Å². The van der Waals surface area contributed by atoms with Crippen LogP contribution in [0.2, 0.25) is 0 Å². The van der Waals surface area contributed by atoms with Gasteiger partial charge in [0, 0.05) is 13.2 Å². The van der Waals surface area contributed by atoms with Crippen LogP contribution >= 0.6 is 11.8 Å². The monoisotopic (exact) mass is 377 g/mol. The minimum atomic E-state index is -0.843. The number of thioether (sulfide) groups is 1. The Balaban J connectivity index is 1.91. The SMILES string of the molecule is CSCC[C@@H](C(=O)NCC1CCCO1)n1c(=O)[nH]c2ccccc2c1=O. The second-order valence-corrected chi connectivity index (χ2v) is 7.31. The maximum atomic E-state index is 12.9. The Bertz CT molecular complexity index is 886. The van der Waals surface area contributed by atoms with Gasteiger partial charge in [0.2, 0.25) is 5.91 Å². The van der Waals surface area contributed by atoms with Crippen LogP contribution in [0.25, 0.3) is 10.9 Å². The van der Waals surface area contributed by atoms with Crippen molar-refractivity contribution in [3.8, 4) is 0 Å². The smallest absolute Gasteiger partial charge is 0.329 e. The highest BCUT2D eigenvalue weighted by Crippen LogP contribution is 2.15. The molecule has 140 valence electrons. The van der Waals surface area contributed by atoms with E-state index in [-0.39, 0.29) is 12.0 Å². The predicted molar refractivity (Wildman–Crippen MR) is 103 cm³/mol. The third-order valence-corrected chi connectivity index (χ3v) is 5.22. The number of para-hydroxylation sites is 1. The lowest BCUT2D eigenvalue weighted by molar-refractivity contribution is -0.125. The highest BCUT2D eigenvalue weighted by Gasteiger charge is 2.26. The Morgan fingerprint density at radius 3 is 2.96 bits per heavy atom. The molecule has 1 aliphatic rings. The summed E-state index contributed by atoms with van der Waals surface area (Å²) < 4.78 is 6.56. The number of carbonyl (C=O) groups excluding carboxylic acids is 1. The van der Waals surface area contributed by atoms with E-state index in [4.69, 9.17) is 4.74 Å². The van der Waals surface area contributed by atoms with E-state index >= 15 is 0 Å². The van der Waals surface area contributed by atoms with Crippen LogP contribution in [0.1, 0.15) is 25.3 Å². The maximum Gasteiger partial charge on any atom is 0.329 e. The molecule has 2 heterocycles. The van der Waals surface area contributed by atoms with Gasteiger partial charge in [-0.05, 0) is 43.4 Å². The quantitative estimate of drug-likeness (QED) is 0.758. The van der Waals surface area contributed by atoms with Crippen LogP contribution in [0, 0.1) is 0 Å². The van der Waals surface area contributed by atoms with E-state index in [1.54, 1.807) is 36.0 Å². The molecule has 1 aromatic heterocycles. The summed E-state index contributed by atoms with van der Waals surface area (Å²) in [4.78, 5) is 40.8. The molecule has 1 saturated heterocycles. The van der Waals surface area contributed by atoms with Gasteiger partial charge in [0.1, 0.15) is 6.04 Å². The van der Waals surface area contributed by atoms with E-state index in [1.165, 1.54) is 0 Å². The number of nitrogens with one attached hydrogen (secondary N) is 2. The van der Waals surface area contributed by atoms with Crippen molar-refractivity contribution in [1.82, 2.24) is 14.9 Å². The van der Waals surface area contributed by atoms with E-state index in [0.717, 1.165) is 17.4 Å². The molecule has 0 spiro atoms. The molecule has 0 saturated carbocycles. The number of benzene rings is 1. The van der Waals surface area contributed by atoms with Gasteiger partial charge in [-0.25, -0.2) is 9.36 Å². The van der Waals surface area contributed by atoms with Crippen molar-refractivity contribution >= 4 is 28.6 Å². The molecule has 2 aromatic rings. The Morgan fingerprint density at radius 1 is 1.42 bits per heavy atom. The number of aromatic nitrogens is 2. The first-order chi connectivity index (χ1) is 12.6. The van der Waals surface area contributed by atoms with Gasteiger partial charge in [0.05, 0.1) is 17.0 Å². The van der Waals surface area contributed by atoms with Crippen LogP contribution in [0.3, 0.4) is 0 Å². The molecule has 3 rings (SSSR count). The van der Waals surface area contributed by atoms with Crippen LogP contribution in [0.4, 0.5) is 0 Å². The van der Waals surface area contributed by atoms with Crippen LogP contribution in [0.5, 0.6) is 0 Å². The summed E-state index contributed by atoms with van der Waals surface area (Å²) >= 11 is 1.57. The molecular formula is C18H23N3O4S. The van der Waals surface area contributed by atoms with E-state index in [1.807, 2.05) is 6.26 Å². The molecular weight excluding hydrogens is 354 g/mol. The summed E-state index contributed by atoms with van der Waals surface area (Å²) in [6.45, 7) is 1.11. The van der Waals surface area contributed by atoms with Crippen LogP contribution in [-0.2, 0) is 9.53 Å². The van der Waals surface area contributed by atoms with Crippen LogP contribution < -0.4 is 16.6 Å². The largest absolute Gasteiger partial charge is 0.376 e. The van der Waals surface area contributed by atoms with Crippen molar-refractivity contribution < 1.29 is 9.53 Å². The average molecular weight is 377 g/mol. The first-order valence-electron chi connectivity index (χ1n) is 8.73. The lowest BCUT2D eigenvalue weighted by Gasteiger charge is -2.20. The number of hydrogen-bond acceptors (Lipinski definition) is 5. The Morgan fingerprint density at radius 2 is 2.23 bits per heavy atom. The summed E-state index contributed by atoms with van der Waals surface area (Å²) in [6.07, 6.45) is 4.23. The minimum absolute atomic E-state index is 0.00626. The zero-order valence-electron chi connectivity index (χ0n) is 14.7. The molecule has 2 atom stereocenters. The highest BCUT2D eigenvalue weighted by atomic mass is 32.2. The van der Waals surface area contributed by atoms with Gasteiger partial charge in [-0.2, -0.15) is 11.8 Å². The number of fused-ring (bicyclic) bond motifs is 1. The highest BCUT2D eigenvalue weighted by molar-refractivity contribution is 7.98. The Hall–Kier alpha value is -2.06. The number of H-pyrrole nitrogens is 1. The molecule has 1 amide bonds. The van der Waals surface area contributed by atoms with Crippen molar-refractivity contribution in [2.75, 3.05) is 25.2 Å². The van der Waals surface area contributed by atoms with E-state index in [9.17, 15) is 14.4 Å². The second kappa shape index (κ2) is 8.55. The third kappa shape index (κ3) is 4.02. The average Bonchev–Trinajstić information content (AvgIpc) is 3.16. The predicted octanol–water partition coefficient (Wildman–Crippen LogP) is 1.28. The van der Waals surface area contributed by atoms with Crippen molar-refractivity contribution in [2.45, 2.75) is 31.4 Å². The van der Waals surface area contributed by atoms with Gasteiger partial charge in [0.25, 0.3) is 5.56 Å². The number of aromatic amines is 1. The fourth-order valence-corrected chi connectivity index (χ4v) is 3.66. The van der Waals surface area contributed by atoms with Crippen LogP contribution in [0.15, 0.2) is 33.9 Å². The standard InChI is InChI=1S/C18H23N3O4S/c1-26-10-8-15(16(22)19-11-12-5-4-9-25-12)21-17(23)13-6-2-3-7-14(13)20-18(21)24/h2-3,6-7,12,15H,4-5,8-11H2,1H3,(H,19,22)(H,20,24)/t12?,15-/m0/s1. The normalized spacial score (nSPS) is 18.1. The summed E-state index contributed by atoms with van der Waals surface area (Å²) in [7, 11) is 0. The first kappa shape index (κ1) is 18.7. The van der Waals surface area contributed by atoms with Gasteiger partial charge in [-0.15, -0.1) is 0 Å². The zero-order valence-corrected chi connectivity index (χ0v) is 15.5. The fourth-order valence-electron chi connectivity index (χ4n) is 3.20. The maximum absolute atomic E-state index is 12.9.